The maximum atomic E-state index is 5.82. The Labute approximate surface area is 110 Å². The summed E-state index contributed by atoms with van der Waals surface area (Å²) in [7, 11) is 0. The van der Waals surface area contributed by atoms with E-state index in [1.54, 1.807) is 0 Å². The highest BCUT2D eigenvalue weighted by molar-refractivity contribution is 5.24. The molecule has 4 nitrogen and oxygen atoms in total. The smallest absolute Gasteiger partial charge is 0.158 e. The molecule has 0 saturated heterocycles. The van der Waals surface area contributed by atoms with Crippen LogP contribution in [0.2, 0.25) is 0 Å². The molecule has 18 heavy (non-hydrogen) atoms. The second-order valence-electron chi connectivity index (χ2n) is 5.64. The monoisotopic (exact) mass is 251 g/mol. The molecule has 4 heteroatoms. The average molecular weight is 251 g/mol. The van der Waals surface area contributed by atoms with Crippen molar-refractivity contribution < 1.29 is 4.74 Å². The second kappa shape index (κ2) is 5.76. The molecule has 0 aliphatic heterocycles. The first-order chi connectivity index (χ1) is 8.31. The van der Waals surface area contributed by atoms with Crippen molar-refractivity contribution in [2.24, 2.45) is 11.1 Å². The van der Waals surface area contributed by atoms with Crippen molar-refractivity contribution in [1.82, 2.24) is 9.97 Å². The van der Waals surface area contributed by atoms with Gasteiger partial charge in [-0.3, -0.25) is 0 Å². The van der Waals surface area contributed by atoms with E-state index >= 15 is 0 Å². The number of rotatable bonds is 4. The molecular weight excluding hydrogens is 226 g/mol. The van der Waals surface area contributed by atoms with Crippen molar-refractivity contribution in [2.45, 2.75) is 54.2 Å². The van der Waals surface area contributed by atoms with Gasteiger partial charge in [-0.2, -0.15) is 0 Å². The molecule has 0 aliphatic rings. The van der Waals surface area contributed by atoms with Crippen LogP contribution in [-0.4, -0.2) is 16.6 Å². The lowest BCUT2D eigenvalue weighted by molar-refractivity contribution is -0.0193. The molecule has 102 valence electrons. The Hall–Kier alpha value is -1.00. The standard InChI is InChI=1S/C14H25N3O/c1-7-18-12(14(4,5)6)13-16-9(2)11(8-15)10(3)17-13/h12H,7-8,15H2,1-6H3. The Morgan fingerprint density at radius 2 is 1.67 bits per heavy atom. The summed E-state index contributed by atoms with van der Waals surface area (Å²) in [4.78, 5) is 9.15. The van der Waals surface area contributed by atoms with Gasteiger partial charge in [-0.05, 0) is 26.2 Å². The van der Waals surface area contributed by atoms with Gasteiger partial charge in [0.05, 0.1) is 0 Å². The molecule has 0 aromatic carbocycles. The van der Waals surface area contributed by atoms with Crippen LogP contribution in [0.4, 0.5) is 0 Å². The lowest BCUT2D eigenvalue weighted by atomic mass is 9.88. The molecule has 1 heterocycles. The SMILES string of the molecule is CCOC(c1nc(C)c(CN)c(C)n1)C(C)(C)C. The molecule has 1 unspecified atom stereocenters. The zero-order valence-electron chi connectivity index (χ0n) is 12.4. The average Bonchev–Trinajstić information content (AvgIpc) is 2.23. The van der Waals surface area contributed by atoms with Gasteiger partial charge in [0.25, 0.3) is 0 Å². The lowest BCUT2D eigenvalue weighted by Crippen LogP contribution is -2.25. The van der Waals surface area contributed by atoms with Gasteiger partial charge in [-0.1, -0.05) is 20.8 Å². The predicted molar refractivity (Wildman–Crippen MR) is 73.2 cm³/mol. The first-order valence-corrected chi connectivity index (χ1v) is 6.47. The fourth-order valence-corrected chi connectivity index (χ4v) is 2.06. The van der Waals surface area contributed by atoms with E-state index in [0.29, 0.717) is 13.2 Å². The number of nitrogens with two attached hydrogens (primary N) is 1. The minimum atomic E-state index is -0.0910. The summed E-state index contributed by atoms with van der Waals surface area (Å²) in [5, 5.41) is 0. The van der Waals surface area contributed by atoms with Crippen molar-refractivity contribution in [2.75, 3.05) is 6.61 Å². The third kappa shape index (κ3) is 3.27. The molecule has 2 N–H and O–H groups in total. The number of aromatic nitrogens is 2. The Bertz CT molecular complexity index is 387. The summed E-state index contributed by atoms with van der Waals surface area (Å²) < 4.78 is 5.82. The summed E-state index contributed by atoms with van der Waals surface area (Å²) in [6.45, 7) is 13.5. The molecule has 1 aromatic rings. The third-order valence-electron chi connectivity index (χ3n) is 3.00. The van der Waals surface area contributed by atoms with E-state index in [0.717, 1.165) is 22.8 Å². The zero-order valence-corrected chi connectivity index (χ0v) is 12.4. The fraction of sp³-hybridized carbons (Fsp3) is 0.714. The highest BCUT2D eigenvalue weighted by atomic mass is 16.5. The van der Waals surface area contributed by atoms with Gasteiger partial charge < -0.3 is 10.5 Å². The highest BCUT2D eigenvalue weighted by Gasteiger charge is 2.30. The van der Waals surface area contributed by atoms with Gasteiger partial charge in [0.15, 0.2) is 5.82 Å². The van der Waals surface area contributed by atoms with Crippen molar-refractivity contribution in [1.29, 1.82) is 0 Å². The Kier molecular flexibility index (Phi) is 4.82. The molecule has 1 aromatic heterocycles. The summed E-state index contributed by atoms with van der Waals surface area (Å²) in [5.41, 5.74) is 8.62. The van der Waals surface area contributed by atoms with Crippen LogP contribution in [0.3, 0.4) is 0 Å². The maximum Gasteiger partial charge on any atom is 0.158 e. The Morgan fingerprint density at radius 3 is 2.00 bits per heavy atom. The first kappa shape index (κ1) is 15.1. The maximum absolute atomic E-state index is 5.82. The van der Waals surface area contributed by atoms with Gasteiger partial charge in [-0.25, -0.2) is 9.97 Å². The van der Waals surface area contributed by atoms with Crippen LogP contribution < -0.4 is 5.73 Å². The molecule has 0 bridgehead atoms. The number of ether oxygens (including phenoxy) is 1. The Balaban J connectivity index is 3.22. The van der Waals surface area contributed by atoms with E-state index in [-0.39, 0.29) is 11.5 Å². The van der Waals surface area contributed by atoms with Gasteiger partial charge >= 0.3 is 0 Å². The van der Waals surface area contributed by atoms with Gasteiger partial charge in [0, 0.05) is 30.1 Å². The number of aryl methyl sites for hydroxylation is 2. The van der Waals surface area contributed by atoms with Gasteiger partial charge in [-0.15, -0.1) is 0 Å². The van der Waals surface area contributed by atoms with Crippen LogP contribution in [0.1, 0.15) is 56.6 Å². The van der Waals surface area contributed by atoms with E-state index in [4.69, 9.17) is 10.5 Å². The summed E-state index contributed by atoms with van der Waals surface area (Å²) >= 11 is 0. The molecule has 0 saturated carbocycles. The molecule has 0 radical (unpaired) electrons. The molecule has 0 aliphatic carbocycles. The molecule has 0 spiro atoms. The largest absolute Gasteiger partial charge is 0.370 e. The van der Waals surface area contributed by atoms with Crippen LogP contribution in [0.15, 0.2) is 0 Å². The number of hydrogen-bond donors (Lipinski definition) is 1. The first-order valence-electron chi connectivity index (χ1n) is 6.47. The number of nitrogens with zero attached hydrogens (tertiary/aromatic N) is 2. The molecule has 0 fully saturated rings. The normalized spacial score (nSPS) is 13.7. The molecule has 1 atom stereocenters. The van der Waals surface area contributed by atoms with Crippen LogP contribution in [0.25, 0.3) is 0 Å². The molecule has 0 amide bonds. The van der Waals surface area contributed by atoms with Crippen molar-refractivity contribution >= 4 is 0 Å². The van der Waals surface area contributed by atoms with Crippen LogP contribution >= 0.6 is 0 Å². The molecule has 1 rings (SSSR count). The minimum Gasteiger partial charge on any atom is -0.370 e. The highest BCUT2D eigenvalue weighted by Crippen LogP contribution is 2.34. The van der Waals surface area contributed by atoms with E-state index in [1.165, 1.54) is 0 Å². The van der Waals surface area contributed by atoms with Crippen LogP contribution in [0.5, 0.6) is 0 Å². The summed E-state index contributed by atoms with van der Waals surface area (Å²) in [6.07, 6.45) is -0.0910. The lowest BCUT2D eigenvalue weighted by Gasteiger charge is -2.29. The fourth-order valence-electron chi connectivity index (χ4n) is 2.06. The summed E-state index contributed by atoms with van der Waals surface area (Å²) in [5.74, 6) is 0.761. The van der Waals surface area contributed by atoms with Crippen molar-refractivity contribution in [3.63, 3.8) is 0 Å². The van der Waals surface area contributed by atoms with Crippen molar-refractivity contribution in [3.05, 3.63) is 22.8 Å². The third-order valence-corrected chi connectivity index (χ3v) is 3.00. The van der Waals surface area contributed by atoms with E-state index in [2.05, 4.69) is 30.7 Å². The minimum absolute atomic E-state index is 0.0286. The van der Waals surface area contributed by atoms with Crippen LogP contribution in [0, 0.1) is 19.3 Å². The summed E-state index contributed by atoms with van der Waals surface area (Å²) in [6, 6.07) is 0. The van der Waals surface area contributed by atoms with Gasteiger partial charge in [0.2, 0.25) is 0 Å². The van der Waals surface area contributed by atoms with Crippen molar-refractivity contribution in [3.8, 4) is 0 Å². The zero-order chi connectivity index (χ0) is 13.9. The van der Waals surface area contributed by atoms with E-state index in [1.807, 2.05) is 20.8 Å². The number of hydrogen-bond acceptors (Lipinski definition) is 4. The quantitative estimate of drug-likeness (QED) is 0.893. The van der Waals surface area contributed by atoms with Crippen LogP contribution in [-0.2, 0) is 11.3 Å². The topological polar surface area (TPSA) is 61.0 Å². The predicted octanol–water partition coefficient (Wildman–Crippen LogP) is 2.68. The van der Waals surface area contributed by atoms with E-state index in [9.17, 15) is 0 Å². The Morgan fingerprint density at radius 1 is 1.17 bits per heavy atom. The van der Waals surface area contributed by atoms with Gasteiger partial charge in [0.1, 0.15) is 6.10 Å². The van der Waals surface area contributed by atoms with E-state index < -0.39 is 0 Å². The molecular formula is C14H25N3O. The second-order valence-corrected chi connectivity index (χ2v) is 5.64.